The van der Waals surface area contributed by atoms with Crippen molar-refractivity contribution in [1.29, 1.82) is 0 Å². The summed E-state index contributed by atoms with van der Waals surface area (Å²) in [6.07, 6.45) is 2.10. The highest BCUT2D eigenvalue weighted by Crippen LogP contribution is 2.29. The van der Waals surface area contributed by atoms with Crippen molar-refractivity contribution < 1.29 is 4.39 Å². The Bertz CT molecular complexity index is 764. The van der Waals surface area contributed by atoms with Crippen LogP contribution in [0, 0.1) is 5.82 Å². The summed E-state index contributed by atoms with van der Waals surface area (Å²) in [5, 5.41) is 3.87. The molecule has 1 fully saturated rings. The van der Waals surface area contributed by atoms with E-state index in [4.69, 9.17) is 23.8 Å². The van der Waals surface area contributed by atoms with Crippen LogP contribution in [-0.2, 0) is 0 Å². The van der Waals surface area contributed by atoms with E-state index in [9.17, 15) is 4.39 Å². The van der Waals surface area contributed by atoms with Crippen LogP contribution in [0.1, 0.15) is 0 Å². The fraction of sp³-hybridized carbons (Fsp3) is 0.278. The quantitative estimate of drug-likeness (QED) is 0.597. The van der Waals surface area contributed by atoms with E-state index in [-0.39, 0.29) is 5.02 Å². The molecule has 1 saturated heterocycles. The first-order valence-electron chi connectivity index (χ1n) is 7.97. The Balaban J connectivity index is 1.60. The van der Waals surface area contributed by atoms with Crippen molar-refractivity contribution in [2.75, 3.05) is 42.7 Å². The number of hydrogen-bond donors (Lipinski definition) is 1. The topological polar surface area (TPSA) is 18.5 Å². The molecule has 1 N–H and O–H groups in total. The van der Waals surface area contributed by atoms with Crippen molar-refractivity contribution in [3.63, 3.8) is 0 Å². The minimum Gasteiger partial charge on any atom is -0.367 e. The number of thioether (sulfide) groups is 1. The number of rotatable bonds is 3. The number of anilines is 2. The molecule has 7 heteroatoms. The second-order valence-corrected chi connectivity index (χ2v) is 7.35. The van der Waals surface area contributed by atoms with Gasteiger partial charge in [0.15, 0.2) is 5.11 Å². The molecular weight excluding hydrogens is 377 g/mol. The molecule has 0 spiro atoms. The van der Waals surface area contributed by atoms with Crippen LogP contribution in [0.2, 0.25) is 5.02 Å². The number of piperazine rings is 1. The zero-order valence-corrected chi connectivity index (χ0v) is 16.2. The van der Waals surface area contributed by atoms with Gasteiger partial charge in [0, 0.05) is 36.8 Å². The first-order valence-corrected chi connectivity index (χ1v) is 9.98. The van der Waals surface area contributed by atoms with Crippen molar-refractivity contribution in [2.45, 2.75) is 4.90 Å². The molecule has 0 unspecified atom stereocenters. The van der Waals surface area contributed by atoms with E-state index >= 15 is 0 Å². The van der Waals surface area contributed by atoms with E-state index < -0.39 is 5.82 Å². The molecule has 0 amide bonds. The number of halogens is 2. The molecule has 0 atom stereocenters. The Labute approximate surface area is 162 Å². The summed E-state index contributed by atoms with van der Waals surface area (Å²) in [5.74, 6) is -0.431. The lowest BCUT2D eigenvalue weighted by Crippen LogP contribution is -2.50. The number of para-hydroxylation sites is 1. The predicted octanol–water partition coefficient (Wildman–Crippen LogP) is 4.72. The van der Waals surface area contributed by atoms with Gasteiger partial charge in [0.25, 0.3) is 0 Å². The molecule has 0 saturated carbocycles. The van der Waals surface area contributed by atoms with E-state index in [1.807, 2.05) is 0 Å². The summed E-state index contributed by atoms with van der Waals surface area (Å²) in [5.41, 5.74) is 1.98. The van der Waals surface area contributed by atoms with E-state index in [1.54, 1.807) is 23.9 Å². The summed E-state index contributed by atoms with van der Waals surface area (Å²) in [7, 11) is 0. The fourth-order valence-electron chi connectivity index (χ4n) is 2.82. The second-order valence-electron chi connectivity index (χ2n) is 5.70. The first-order chi connectivity index (χ1) is 12.1. The molecule has 1 aliphatic rings. The average molecular weight is 396 g/mol. The first kappa shape index (κ1) is 18.3. The molecule has 1 aliphatic heterocycles. The van der Waals surface area contributed by atoms with Crippen LogP contribution in [0.15, 0.2) is 47.4 Å². The third kappa shape index (κ3) is 4.37. The zero-order chi connectivity index (χ0) is 17.8. The Hall–Kier alpha value is -1.50. The lowest BCUT2D eigenvalue weighted by Gasteiger charge is -2.38. The standard InChI is InChI=1S/C18H19ClFN3S2/c1-25-17-5-3-2-4-16(17)22-8-10-23(11-9-22)18(24)21-13-6-7-15(20)14(19)12-13/h2-7,12H,8-11H2,1H3,(H,21,24). The van der Waals surface area contributed by atoms with Gasteiger partial charge in [0.2, 0.25) is 0 Å². The van der Waals surface area contributed by atoms with Crippen molar-refractivity contribution in [3.05, 3.63) is 53.3 Å². The van der Waals surface area contributed by atoms with Gasteiger partial charge in [-0.1, -0.05) is 23.7 Å². The third-order valence-electron chi connectivity index (χ3n) is 4.16. The van der Waals surface area contributed by atoms with Crippen LogP contribution in [0.5, 0.6) is 0 Å². The second kappa shape index (κ2) is 8.25. The Kier molecular flexibility index (Phi) is 6.04. The molecule has 0 bridgehead atoms. The molecule has 0 aliphatic carbocycles. The lowest BCUT2D eigenvalue weighted by atomic mass is 10.2. The third-order valence-corrected chi connectivity index (χ3v) is 5.60. The van der Waals surface area contributed by atoms with Crippen LogP contribution in [0.25, 0.3) is 0 Å². The van der Waals surface area contributed by atoms with Gasteiger partial charge in [-0.05, 0) is 48.8 Å². The molecule has 0 aromatic heterocycles. The van der Waals surface area contributed by atoms with Crippen molar-refractivity contribution in [1.82, 2.24) is 4.90 Å². The number of benzene rings is 2. The summed E-state index contributed by atoms with van der Waals surface area (Å²) in [4.78, 5) is 5.81. The molecule has 2 aromatic rings. The van der Waals surface area contributed by atoms with Gasteiger partial charge in [-0.2, -0.15) is 0 Å². The van der Waals surface area contributed by atoms with E-state index in [0.717, 1.165) is 26.2 Å². The van der Waals surface area contributed by atoms with Gasteiger partial charge < -0.3 is 15.1 Å². The van der Waals surface area contributed by atoms with Gasteiger partial charge in [0.05, 0.1) is 10.7 Å². The number of hydrogen-bond acceptors (Lipinski definition) is 3. The summed E-state index contributed by atoms with van der Waals surface area (Å²) in [6.45, 7) is 3.49. The summed E-state index contributed by atoms with van der Waals surface area (Å²) >= 11 is 13.1. The van der Waals surface area contributed by atoms with Gasteiger partial charge >= 0.3 is 0 Å². The molecule has 2 aromatic carbocycles. The number of nitrogens with zero attached hydrogens (tertiary/aromatic N) is 2. The molecule has 1 heterocycles. The maximum absolute atomic E-state index is 13.2. The van der Waals surface area contributed by atoms with Gasteiger partial charge in [-0.15, -0.1) is 11.8 Å². The zero-order valence-electron chi connectivity index (χ0n) is 13.8. The van der Waals surface area contributed by atoms with Gasteiger partial charge in [-0.25, -0.2) is 4.39 Å². The fourth-order valence-corrected chi connectivity index (χ4v) is 3.92. The molecule has 25 heavy (non-hydrogen) atoms. The van der Waals surface area contributed by atoms with E-state index in [0.29, 0.717) is 10.8 Å². The predicted molar refractivity (Wildman–Crippen MR) is 110 cm³/mol. The molecule has 0 radical (unpaired) electrons. The number of nitrogens with one attached hydrogen (secondary N) is 1. The maximum Gasteiger partial charge on any atom is 0.173 e. The van der Waals surface area contributed by atoms with Crippen molar-refractivity contribution in [3.8, 4) is 0 Å². The summed E-state index contributed by atoms with van der Waals surface area (Å²) < 4.78 is 13.2. The molecular formula is C18H19ClFN3S2. The van der Waals surface area contributed by atoms with E-state index in [2.05, 4.69) is 45.6 Å². The Morgan fingerprint density at radius 3 is 2.56 bits per heavy atom. The highest BCUT2D eigenvalue weighted by Gasteiger charge is 2.20. The monoisotopic (exact) mass is 395 g/mol. The Morgan fingerprint density at radius 2 is 1.88 bits per heavy atom. The molecule has 3 nitrogen and oxygen atoms in total. The normalized spacial score (nSPS) is 14.5. The highest BCUT2D eigenvalue weighted by atomic mass is 35.5. The van der Waals surface area contributed by atoms with Crippen LogP contribution in [0.4, 0.5) is 15.8 Å². The van der Waals surface area contributed by atoms with Gasteiger partial charge in [0.1, 0.15) is 5.82 Å². The molecule has 132 valence electrons. The maximum atomic E-state index is 13.2. The lowest BCUT2D eigenvalue weighted by molar-refractivity contribution is 0.390. The highest BCUT2D eigenvalue weighted by molar-refractivity contribution is 7.98. The Morgan fingerprint density at radius 1 is 1.16 bits per heavy atom. The van der Waals surface area contributed by atoms with Crippen molar-refractivity contribution >= 4 is 52.1 Å². The van der Waals surface area contributed by atoms with Gasteiger partial charge in [-0.3, -0.25) is 0 Å². The van der Waals surface area contributed by atoms with Crippen LogP contribution >= 0.6 is 35.6 Å². The minimum absolute atomic E-state index is 0.0892. The smallest absolute Gasteiger partial charge is 0.173 e. The van der Waals surface area contributed by atoms with Crippen LogP contribution in [-0.4, -0.2) is 42.4 Å². The summed E-state index contributed by atoms with van der Waals surface area (Å²) in [6, 6.07) is 13.0. The largest absolute Gasteiger partial charge is 0.367 e. The van der Waals surface area contributed by atoms with E-state index in [1.165, 1.54) is 16.6 Å². The molecule has 3 rings (SSSR count). The average Bonchev–Trinajstić information content (AvgIpc) is 2.65. The van der Waals surface area contributed by atoms with Crippen molar-refractivity contribution in [2.24, 2.45) is 0 Å². The number of thiocarbonyl (C=S) groups is 1. The van der Waals surface area contributed by atoms with Crippen LogP contribution in [0.3, 0.4) is 0 Å². The SMILES string of the molecule is CSc1ccccc1N1CCN(C(=S)Nc2ccc(F)c(Cl)c2)CC1. The minimum atomic E-state index is -0.431. The van der Waals surface area contributed by atoms with Crippen LogP contribution < -0.4 is 10.2 Å².